The molecule has 0 radical (unpaired) electrons. The van der Waals surface area contributed by atoms with E-state index in [4.69, 9.17) is 4.74 Å². The Hall–Kier alpha value is -0.350. The molecule has 0 aliphatic heterocycles. The molecule has 0 spiro atoms. The summed E-state index contributed by atoms with van der Waals surface area (Å²) >= 11 is 6.75. The van der Waals surface area contributed by atoms with Crippen LogP contribution in [0, 0.1) is 0 Å². The second-order valence-corrected chi connectivity index (χ2v) is 5.76. The number of esters is 1. The van der Waals surface area contributed by atoms with Crippen molar-refractivity contribution in [3.05, 3.63) is 34.3 Å². The Morgan fingerprint density at radius 3 is 2.59 bits per heavy atom. The zero-order valence-corrected chi connectivity index (χ0v) is 13.0. The van der Waals surface area contributed by atoms with Crippen molar-refractivity contribution in [2.24, 2.45) is 0 Å². The van der Waals surface area contributed by atoms with Crippen LogP contribution in [0.4, 0.5) is 0 Å². The molecule has 94 valence electrons. The Labute approximate surface area is 119 Å². The number of carbonyl (C=O) groups excluding carboxylic acids is 1. The summed E-state index contributed by atoms with van der Waals surface area (Å²) in [6.07, 6.45) is 2.75. The number of hydrogen-bond acceptors (Lipinski definition) is 2. The van der Waals surface area contributed by atoms with Crippen LogP contribution in [0.3, 0.4) is 0 Å². The highest BCUT2D eigenvalue weighted by Gasteiger charge is 2.14. The molecular formula is C13H16Br2O2. The van der Waals surface area contributed by atoms with E-state index in [0.717, 1.165) is 23.7 Å². The molecule has 0 saturated carbocycles. The van der Waals surface area contributed by atoms with Gasteiger partial charge in [0.2, 0.25) is 0 Å². The van der Waals surface area contributed by atoms with Crippen molar-refractivity contribution < 1.29 is 9.53 Å². The summed E-state index contributed by atoms with van der Waals surface area (Å²) in [5.41, 5.74) is 1.29. The Morgan fingerprint density at radius 1 is 1.35 bits per heavy atom. The van der Waals surface area contributed by atoms with Crippen molar-refractivity contribution in [3.8, 4) is 0 Å². The maximum absolute atomic E-state index is 11.4. The number of hydrogen-bond donors (Lipinski definition) is 0. The van der Waals surface area contributed by atoms with Crippen LogP contribution in [-0.2, 0) is 16.0 Å². The topological polar surface area (TPSA) is 26.3 Å². The van der Waals surface area contributed by atoms with E-state index < -0.39 is 0 Å². The Bertz CT molecular complexity index is 349. The lowest BCUT2D eigenvalue weighted by atomic mass is 10.1. The van der Waals surface area contributed by atoms with Gasteiger partial charge < -0.3 is 4.74 Å². The van der Waals surface area contributed by atoms with E-state index in [9.17, 15) is 4.79 Å². The van der Waals surface area contributed by atoms with Gasteiger partial charge in [0.15, 0.2) is 0 Å². The van der Waals surface area contributed by atoms with Gasteiger partial charge in [-0.1, -0.05) is 44.0 Å². The number of benzene rings is 1. The van der Waals surface area contributed by atoms with Gasteiger partial charge in [-0.2, -0.15) is 0 Å². The SMILES string of the molecule is CCOC(=O)C(Br)CCCc1ccc(Br)cc1. The molecule has 0 aliphatic carbocycles. The number of rotatable bonds is 6. The van der Waals surface area contributed by atoms with Crippen LogP contribution in [0.5, 0.6) is 0 Å². The Kier molecular flexibility index (Phi) is 6.82. The van der Waals surface area contributed by atoms with Crippen LogP contribution in [-0.4, -0.2) is 17.4 Å². The Morgan fingerprint density at radius 2 is 2.00 bits per heavy atom. The third-order valence-corrected chi connectivity index (χ3v) is 3.74. The zero-order chi connectivity index (χ0) is 12.7. The van der Waals surface area contributed by atoms with E-state index in [1.165, 1.54) is 5.56 Å². The first-order valence-corrected chi connectivity index (χ1v) is 7.39. The first-order chi connectivity index (χ1) is 8.13. The van der Waals surface area contributed by atoms with E-state index in [1.807, 2.05) is 19.1 Å². The van der Waals surface area contributed by atoms with Gasteiger partial charge in [-0.15, -0.1) is 0 Å². The van der Waals surface area contributed by atoms with Crippen molar-refractivity contribution in [1.82, 2.24) is 0 Å². The number of ether oxygens (including phenoxy) is 1. The molecule has 0 aromatic heterocycles. The van der Waals surface area contributed by atoms with Crippen molar-refractivity contribution >= 4 is 37.8 Å². The lowest BCUT2D eigenvalue weighted by Gasteiger charge is -2.08. The summed E-state index contributed by atoms with van der Waals surface area (Å²) in [5, 5.41) is 0. The number of carbonyl (C=O) groups is 1. The van der Waals surface area contributed by atoms with Crippen LogP contribution in [0.25, 0.3) is 0 Å². The number of aryl methyl sites for hydroxylation is 1. The molecule has 0 bridgehead atoms. The summed E-state index contributed by atoms with van der Waals surface area (Å²) in [6.45, 7) is 2.26. The van der Waals surface area contributed by atoms with Crippen molar-refractivity contribution in [1.29, 1.82) is 0 Å². The maximum atomic E-state index is 11.4. The van der Waals surface area contributed by atoms with Gasteiger partial charge in [-0.3, -0.25) is 4.79 Å². The van der Waals surface area contributed by atoms with E-state index in [0.29, 0.717) is 6.61 Å². The fourth-order valence-corrected chi connectivity index (χ4v) is 2.21. The number of alkyl halides is 1. The summed E-state index contributed by atoms with van der Waals surface area (Å²) in [5.74, 6) is -0.164. The predicted octanol–water partition coefficient (Wildman–Crippen LogP) is 4.10. The first-order valence-electron chi connectivity index (χ1n) is 5.68. The zero-order valence-electron chi connectivity index (χ0n) is 9.79. The molecule has 0 N–H and O–H groups in total. The third kappa shape index (κ3) is 5.68. The van der Waals surface area contributed by atoms with Crippen molar-refractivity contribution in [2.75, 3.05) is 6.61 Å². The summed E-state index contributed by atoms with van der Waals surface area (Å²) < 4.78 is 6.02. The van der Waals surface area contributed by atoms with Gasteiger partial charge in [0.25, 0.3) is 0 Å². The molecule has 1 unspecified atom stereocenters. The van der Waals surface area contributed by atoms with E-state index in [-0.39, 0.29) is 10.8 Å². The fourth-order valence-electron chi connectivity index (χ4n) is 1.49. The third-order valence-electron chi connectivity index (χ3n) is 2.38. The lowest BCUT2D eigenvalue weighted by molar-refractivity contribution is -0.142. The van der Waals surface area contributed by atoms with Gasteiger partial charge in [-0.05, 0) is 43.9 Å². The van der Waals surface area contributed by atoms with Gasteiger partial charge >= 0.3 is 5.97 Å². The van der Waals surface area contributed by atoms with Crippen LogP contribution in [0.2, 0.25) is 0 Å². The molecule has 0 aliphatic rings. The van der Waals surface area contributed by atoms with Crippen molar-refractivity contribution in [3.63, 3.8) is 0 Å². The van der Waals surface area contributed by atoms with Crippen LogP contribution in [0.1, 0.15) is 25.3 Å². The lowest BCUT2D eigenvalue weighted by Crippen LogP contribution is -2.17. The summed E-state index contributed by atoms with van der Waals surface area (Å²) in [4.78, 5) is 11.2. The second-order valence-electron chi connectivity index (χ2n) is 3.74. The minimum Gasteiger partial charge on any atom is -0.465 e. The summed E-state index contributed by atoms with van der Waals surface area (Å²) in [7, 11) is 0. The van der Waals surface area contributed by atoms with Crippen LogP contribution >= 0.6 is 31.9 Å². The highest BCUT2D eigenvalue weighted by Crippen LogP contribution is 2.15. The Balaban J connectivity index is 2.27. The van der Waals surface area contributed by atoms with Gasteiger partial charge in [-0.25, -0.2) is 0 Å². The summed E-state index contributed by atoms with van der Waals surface area (Å²) in [6, 6.07) is 8.26. The minimum atomic E-state index is -0.183. The van der Waals surface area contributed by atoms with Gasteiger partial charge in [0, 0.05) is 4.47 Å². The number of halogens is 2. The second kappa shape index (κ2) is 7.88. The molecule has 1 aromatic rings. The predicted molar refractivity (Wildman–Crippen MR) is 76.4 cm³/mol. The van der Waals surface area contributed by atoms with Crippen molar-refractivity contribution in [2.45, 2.75) is 31.0 Å². The van der Waals surface area contributed by atoms with Crippen LogP contribution in [0.15, 0.2) is 28.7 Å². The van der Waals surface area contributed by atoms with Gasteiger partial charge in [0.05, 0.1) is 6.61 Å². The van der Waals surface area contributed by atoms with E-state index >= 15 is 0 Å². The molecule has 1 aromatic carbocycles. The fraction of sp³-hybridized carbons (Fsp3) is 0.462. The molecule has 1 atom stereocenters. The van der Waals surface area contributed by atoms with E-state index in [2.05, 4.69) is 44.0 Å². The van der Waals surface area contributed by atoms with Gasteiger partial charge in [0.1, 0.15) is 4.83 Å². The first kappa shape index (κ1) is 14.7. The monoisotopic (exact) mass is 362 g/mol. The molecule has 17 heavy (non-hydrogen) atoms. The molecule has 0 heterocycles. The molecule has 0 saturated heterocycles. The molecule has 0 fully saturated rings. The molecule has 1 rings (SSSR count). The highest BCUT2D eigenvalue weighted by molar-refractivity contribution is 9.10. The molecule has 2 nitrogen and oxygen atoms in total. The van der Waals surface area contributed by atoms with Crippen LogP contribution < -0.4 is 0 Å². The largest absolute Gasteiger partial charge is 0.465 e. The molecule has 0 amide bonds. The smallest absolute Gasteiger partial charge is 0.319 e. The standard InChI is InChI=1S/C13H16Br2O2/c1-2-17-13(16)12(15)5-3-4-10-6-8-11(14)9-7-10/h6-9,12H,2-5H2,1H3. The molecule has 4 heteroatoms. The quantitative estimate of drug-likeness (QED) is 0.561. The van der Waals surface area contributed by atoms with E-state index in [1.54, 1.807) is 0 Å². The molecular weight excluding hydrogens is 348 g/mol. The average Bonchev–Trinajstić information content (AvgIpc) is 2.32. The normalized spacial score (nSPS) is 12.2. The average molecular weight is 364 g/mol. The highest BCUT2D eigenvalue weighted by atomic mass is 79.9. The maximum Gasteiger partial charge on any atom is 0.319 e. The minimum absolute atomic E-state index is 0.164.